The van der Waals surface area contributed by atoms with E-state index in [0.29, 0.717) is 12.8 Å². The van der Waals surface area contributed by atoms with E-state index in [1.165, 1.54) is 12.5 Å². The smallest absolute Gasteiger partial charge is 0.299 e. The molecule has 10 heteroatoms. The molecule has 2 fully saturated rings. The van der Waals surface area contributed by atoms with E-state index in [1.54, 1.807) is 0 Å². The van der Waals surface area contributed by atoms with Crippen LogP contribution in [0.5, 0.6) is 0 Å². The van der Waals surface area contributed by atoms with Gasteiger partial charge in [0.05, 0.1) is 22.5 Å². The Bertz CT molecular complexity index is 997. The standard InChI is InChI=1S/C21H27F3O5S2/c1-19(2)16-9-10-20(19,18(26)11-16)13-31(27,28)29-30(3,4)12-17(25)14-5-7-15(8-6-14)21(22,23)24/h5-8,16H,9-13H2,1-4H3. The topological polar surface area (TPSA) is 77.5 Å². The van der Waals surface area contributed by atoms with Crippen molar-refractivity contribution in [3.8, 4) is 0 Å². The number of fused-ring (bicyclic) bond motifs is 2. The van der Waals surface area contributed by atoms with Gasteiger partial charge in [0.1, 0.15) is 5.78 Å². The number of hydrogen-bond acceptors (Lipinski definition) is 5. The Kier molecular flexibility index (Phi) is 5.94. The molecule has 2 bridgehead atoms. The second-order valence-electron chi connectivity index (χ2n) is 9.52. The van der Waals surface area contributed by atoms with Crippen molar-refractivity contribution in [2.24, 2.45) is 16.7 Å². The summed E-state index contributed by atoms with van der Waals surface area (Å²) in [6.45, 7) is 3.86. The van der Waals surface area contributed by atoms with E-state index in [9.17, 15) is 31.2 Å². The molecule has 2 saturated carbocycles. The highest BCUT2D eigenvalue weighted by atomic mass is 32.3. The van der Waals surface area contributed by atoms with Gasteiger partial charge in [-0.15, -0.1) is 10.3 Å². The lowest BCUT2D eigenvalue weighted by atomic mass is 9.70. The van der Waals surface area contributed by atoms with Gasteiger partial charge >= 0.3 is 6.18 Å². The molecular formula is C21H27F3O5S2. The summed E-state index contributed by atoms with van der Waals surface area (Å²) < 4.78 is 69.3. The number of rotatable bonds is 7. The fourth-order valence-corrected chi connectivity index (χ4v) is 9.69. The predicted octanol–water partition coefficient (Wildman–Crippen LogP) is 4.61. The first-order valence-electron chi connectivity index (χ1n) is 9.88. The maximum absolute atomic E-state index is 12.9. The van der Waals surface area contributed by atoms with E-state index >= 15 is 0 Å². The van der Waals surface area contributed by atoms with Gasteiger partial charge in [0.2, 0.25) is 0 Å². The second-order valence-corrected chi connectivity index (χ2v) is 14.6. The number of benzene rings is 1. The first-order valence-corrected chi connectivity index (χ1v) is 14.0. The Balaban J connectivity index is 1.71. The molecule has 2 aliphatic rings. The highest BCUT2D eigenvalue weighted by Crippen LogP contribution is 2.64. The van der Waals surface area contributed by atoms with Crippen LogP contribution in [0.2, 0.25) is 0 Å². The minimum absolute atomic E-state index is 0.0467. The van der Waals surface area contributed by atoms with Gasteiger partial charge in [-0.1, -0.05) is 26.0 Å². The highest BCUT2D eigenvalue weighted by Gasteiger charge is 2.65. The van der Waals surface area contributed by atoms with Crippen LogP contribution < -0.4 is 0 Å². The second kappa shape index (κ2) is 7.59. The van der Waals surface area contributed by atoms with Crippen molar-refractivity contribution < 1.29 is 34.8 Å². The van der Waals surface area contributed by atoms with Gasteiger partial charge < -0.3 is 0 Å². The SMILES string of the molecule is CC1(C)C2CCC1(CS(=O)(=O)OS(C)(C)CC(=O)c1ccc(C(F)(F)F)cc1)C(=O)C2. The summed E-state index contributed by atoms with van der Waals surface area (Å²) in [5, 5.41) is 0. The van der Waals surface area contributed by atoms with Crippen LogP contribution in [0.3, 0.4) is 0 Å². The Morgan fingerprint density at radius 3 is 2.19 bits per heavy atom. The summed E-state index contributed by atoms with van der Waals surface area (Å²) in [5.74, 6) is -1.05. The summed E-state index contributed by atoms with van der Waals surface area (Å²) in [4.78, 5) is 25.2. The van der Waals surface area contributed by atoms with Crippen LogP contribution in [0.15, 0.2) is 24.3 Å². The molecule has 0 aliphatic heterocycles. The van der Waals surface area contributed by atoms with Gasteiger partial charge in [-0.3, -0.25) is 9.59 Å². The molecule has 5 nitrogen and oxygen atoms in total. The lowest BCUT2D eigenvalue weighted by molar-refractivity contribution is -0.137. The summed E-state index contributed by atoms with van der Waals surface area (Å²) in [5.41, 5.74) is -2.22. The van der Waals surface area contributed by atoms with E-state index in [-0.39, 0.29) is 23.0 Å². The molecule has 0 heterocycles. The molecule has 0 radical (unpaired) electrons. The monoisotopic (exact) mass is 480 g/mol. The van der Waals surface area contributed by atoms with Crippen LogP contribution >= 0.6 is 10.3 Å². The van der Waals surface area contributed by atoms with Crippen molar-refractivity contribution in [3.63, 3.8) is 0 Å². The number of ketones is 2. The van der Waals surface area contributed by atoms with Gasteiger partial charge in [-0.2, -0.15) is 21.6 Å². The fourth-order valence-electron chi connectivity index (χ4n) is 4.98. The summed E-state index contributed by atoms with van der Waals surface area (Å²) >= 11 is 0. The van der Waals surface area contributed by atoms with Gasteiger partial charge in [-0.05, 0) is 48.8 Å². The first kappa shape index (κ1) is 24.3. The van der Waals surface area contributed by atoms with Crippen LogP contribution in [0.1, 0.15) is 49.0 Å². The van der Waals surface area contributed by atoms with E-state index < -0.39 is 54.5 Å². The molecule has 0 N–H and O–H groups in total. The van der Waals surface area contributed by atoms with Crippen LogP contribution in [0, 0.1) is 16.7 Å². The van der Waals surface area contributed by atoms with Crippen molar-refractivity contribution in [1.29, 1.82) is 0 Å². The van der Waals surface area contributed by atoms with Crippen LogP contribution in [-0.4, -0.2) is 44.0 Å². The molecule has 2 aliphatic carbocycles. The number of Topliss-reactive ketones (excluding diaryl/α,β-unsaturated/α-hetero) is 2. The van der Waals surface area contributed by atoms with E-state index in [0.717, 1.165) is 30.7 Å². The molecule has 0 spiro atoms. The lowest BCUT2D eigenvalue weighted by Crippen LogP contribution is -2.42. The molecule has 0 amide bonds. The maximum atomic E-state index is 12.9. The minimum Gasteiger partial charge on any atom is -0.299 e. The molecule has 0 saturated heterocycles. The Labute approximate surface area is 182 Å². The van der Waals surface area contributed by atoms with Crippen molar-refractivity contribution >= 4 is 32.0 Å². The number of halogens is 3. The molecule has 0 aromatic heterocycles. The average molecular weight is 481 g/mol. The predicted molar refractivity (Wildman–Crippen MR) is 114 cm³/mol. The molecule has 1 aromatic rings. The summed E-state index contributed by atoms with van der Waals surface area (Å²) in [6.07, 6.45) is 0.217. The van der Waals surface area contributed by atoms with Crippen LogP contribution in [-0.2, 0) is 24.7 Å². The third-order valence-electron chi connectivity index (χ3n) is 6.86. The minimum atomic E-state index is -4.51. The third-order valence-corrected chi connectivity index (χ3v) is 11.0. The molecule has 31 heavy (non-hydrogen) atoms. The molecular weight excluding hydrogens is 453 g/mol. The Hall–Kier alpha value is -1.39. The Morgan fingerprint density at radius 2 is 1.74 bits per heavy atom. The largest absolute Gasteiger partial charge is 0.416 e. The van der Waals surface area contributed by atoms with Crippen molar-refractivity contribution in [2.75, 3.05) is 24.0 Å². The fraction of sp³-hybridized carbons (Fsp3) is 0.619. The zero-order valence-electron chi connectivity index (χ0n) is 17.9. The zero-order chi connectivity index (χ0) is 23.5. The molecule has 2 unspecified atom stereocenters. The molecule has 2 atom stereocenters. The van der Waals surface area contributed by atoms with Gasteiger partial charge in [-0.25, -0.2) is 3.63 Å². The normalized spacial score (nSPS) is 26.3. The maximum Gasteiger partial charge on any atom is 0.416 e. The summed E-state index contributed by atoms with van der Waals surface area (Å²) in [6, 6.07) is 3.78. The quantitative estimate of drug-likeness (QED) is 0.533. The number of alkyl halides is 3. The van der Waals surface area contributed by atoms with Crippen molar-refractivity contribution in [3.05, 3.63) is 35.4 Å². The van der Waals surface area contributed by atoms with Crippen molar-refractivity contribution in [1.82, 2.24) is 0 Å². The summed E-state index contributed by atoms with van der Waals surface area (Å²) in [7, 11) is -6.52. The lowest BCUT2D eigenvalue weighted by Gasteiger charge is -2.37. The van der Waals surface area contributed by atoms with E-state index in [1.807, 2.05) is 13.8 Å². The van der Waals surface area contributed by atoms with Gasteiger partial charge in [0, 0.05) is 12.0 Å². The molecule has 174 valence electrons. The van der Waals surface area contributed by atoms with Gasteiger partial charge in [0.15, 0.2) is 5.78 Å². The van der Waals surface area contributed by atoms with E-state index in [2.05, 4.69) is 0 Å². The van der Waals surface area contributed by atoms with E-state index in [4.69, 9.17) is 3.63 Å². The zero-order valence-corrected chi connectivity index (χ0v) is 19.5. The van der Waals surface area contributed by atoms with Gasteiger partial charge in [0.25, 0.3) is 10.1 Å². The first-order chi connectivity index (χ1) is 14.0. The molecule has 1 aromatic carbocycles. The van der Waals surface area contributed by atoms with Crippen LogP contribution in [0.25, 0.3) is 0 Å². The highest BCUT2D eigenvalue weighted by molar-refractivity contribution is 8.32. The molecule has 3 rings (SSSR count). The average Bonchev–Trinajstić information content (AvgIpc) is 2.93. The Morgan fingerprint density at radius 1 is 1.16 bits per heavy atom. The third kappa shape index (κ3) is 4.57. The number of carbonyl (C=O) groups is 2. The van der Waals surface area contributed by atoms with Crippen LogP contribution in [0.4, 0.5) is 13.2 Å². The number of hydrogen-bond donors (Lipinski definition) is 0. The number of carbonyl (C=O) groups excluding carboxylic acids is 2. The van der Waals surface area contributed by atoms with Crippen molar-refractivity contribution in [2.45, 2.75) is 39.3 Å².